The lowest BCUT2D eigenvalue weighted by atomic mass is 10.0. The summed E-state index contributed by atoms with van der Waals surface area (Å²) in [5, 5.41) is 12.4. The second kappa shape index (κ2) is 24.7. The summed E-state index contributed by atoms with van der Waals surface area (Å²) < 4.78 is 88.1. The van der Waals surface area contributed by atoms with Gasteiger partial charge in [-0.05, 0) is 37.6 Å². The van der Waals surface area contributed by atoms with Crippen molar-refractivity contribution in [2.24, 2.45) is 17.8 Å². The van der Waals surface area contributed by atoms with Crippen molar-refractivity contribution in [2.45, 2.75) is 38.6 Å². The van der Waals surface area contributed by atoms with Crippen LogP contribution in [0.15, 0.2) is 47.3 Å². The number of rotatable bonds is 8. The SMILES string of the molecule is CCOC(=O)C1COCC1=O.CCOC(=O)c1ccccc1NC(=O)C1COCC12OCCO2.COC(=O)c1cccc2c3c(c(=O)[nH]c12)COC3.O=C(O)C1COCC12OCCO2.O=S(=O)(O)O. The lowest BCUT2D eigenvalue weighted by molar-refractivity contribution is -0.192. The summed E-state index contributed by atoms with van der Waals surface area (Å²) in [5.74, 6) is -6.75. The number of aromatic amines is 1. The zero-order valence-electron chi connectivity index (χ0n) is 37.6. The van der Waals surface area contributed by atoms with Crippen molar-refractivity contribution >= 4 is 62.6 Å². The number of hydrogen-bond donors (Lipinski definition) is 5. The Kier molecular flexibility index (Phi) is 19.4. The summed E-state index contributed by atoms with van der Waals surface area (Å²) in [6.45, 7) is 7.58. The fourth-order valence-corrected chi connectivity index (χ4v) is 7.53. The third-order valence-corrected chi connectivity index (χ3v) is 10.7. The average molecular weight is 997 g/mol. The Hall–Kier alpha value is -5.78. The maximum atomic E-state index is 12.6. The van der Waals surface area contributed by atoms with Crippen LogP contribution in [0.3, 0.4) is 0 Å². The van der Waals surface area contributed by atoms with Crippen LogP contribution in [0.25, 0.3) is 10.9 Å². The molecular weight excluding hydrogens is 945 g/mol. The van der Waals surface area contributed by atoms with Gasteiger partial charge in [0.05, 0.1) is 102 Å². The summed E-state index contributed by atoms with van der Waals surface area (Å²) in [6, 6.07) is 12.0. The second-order valence-electron chi connectivity index (χ2n) is 15.1. The first kappa shape index (κ1) is 54.2. The normalized spacial score (nSPS) is 21.3. The fourth-order valence-electron chi connectivity index (χ4n) is 7.53. The Morgan fingerprint density at radius 3 is 1.86 bits per heavy atom. The quantitative estimate of drug-likeness (QED) is 0.0913. The Morgan fingerprint density at radius 2 is 1.29 bits per heavy atom. The van der Waals surface area contributed by atoms with Gasteiger partial charge in [-0.1, -0.05) is 24.3 Å². The van der Waals surface area contributed by atoms with E-state index in [0.717, 1.165) is 10.9 Å². The van der Waals surface area contributed by atoms with Gasteiger partial charge in [-0.25, -0.2) is 9.59 Å². The minimum absolute atomic E-state index is 0.0451. The molecule has 2 spiro atoms. The molecule has 1 aromatic heterocycles. The van der Waals surface area contributed by atoms with E-state index in [0.29, 0.717) is 74.1 Å². The number of fused-ring (bicyclic) bond motifs is 3. The van der Waals surface area contributed by atoms with Crippen molar-refractivity contribution in [3.8, 4) is 0 Å². The number of H-pyrrole nitrogens is 1. The summed E-state index contributed by atoms with van der Waals surface area (Å²) in [4.78, 5) is 83.4. The number of carbonyl (C=O) groups is 6. The number of ether oxygens (including phenoxy) is 11. The Morgan fingerprint density at radius 1 is 0.725 bits per heavy atom. The number of Topliss-reactive ketones (excluding diaryl/α,β-unsaturated/α-hetero) is 1. The number of aliphatic carboxylic acids is 1. The van der Waals surface area contributed by atoms with Gasteiger partial charge >= 0.3 is 34.3 Å². The number of hydrogen-bond acceptors (Lipinski definition) is 20. The largest absolute Gasteiger partial charge is 0.481 e. The van der Waals surface area contributed by atoms with Gasteiger partial charge in [0.2, 0.25) is 17.5 Å². The van der Waals surface area contributed by atoms with Crippen LogP contribution < -0.4 is 10.9 Å². The molecule has 3 aromatic rings. The van der Waals surface area contributed by atoms with Crippen molar-refractivity contribution < 1.29 is 104 Å². The molecule has 0 saturated carbocycles. The zero-order valence-corrected chi connectivity index (χ0v) is 38.4. The first-order chi connectivity index (χ1) is 32.9. The Balaban J connectivity index is 0.000000172. The highest BCUT2D eigenvalue weighted by molar-refractivity contribution is 7.79. The molecule has 9 rings (SSSR count). The van der Waals surface area contributed by atoms with E-state index < -0.39 is 63.6 Å². The molecule has 1 amide bonds. The fraction of sp³-hybridized carbons (Fsp3) is 0.512. The number of aromatic nitrogens is 1. The number of amides is 1. The van der Waals surface area contributed by atoms with Gasteiger partial charge in [-0.15, -0.1) is 0 Å². The molecule has 7 heterocycles. The summed E-state index contributed by atoms with van der Waals surface area (Å²) >= 11 is 0. The highest BCUT2D eigenvalue weighted by atomic mass is 32.3. The number of benzene rings is 2. The Labute approximate surface area is 393 Å². The van der Waals surface area contributed by atoms with E-state index in [1.54, 1.807) is 50.2 Å². The number of ketones is 1. The molecule has 6 aliphatic heterocycles. The molecule has 25 nitrogen and oxygen atoms in total. The zero-order chi connectivity index (χ0) is 50.4. The molecular formula is C43H52N2O23S. The van der Waals surface area contributed by atoms with Gasteiger partial charge in [0.15, 0.2) is 5.78 Å². The molecule has 5 saturated heterocycles. The maximum Gasteiger partial charge on any atom is 0.394 e. The van der Waals surface area contributed by atoms with Crippen LogP contribution in [0.2, 0.25) is 0 Å². The van der Waals surface area contributed by atoms with Gasteiger partial charge < -0.3 is 67.5 Å². The van der Waals surface area contributed by atoms with Gasteiger partial charge in [-0.3, -0.25) is 33.1 Å². The van der Waals surface area contributed by atoms with E-state index >= 15 is 0 Å². The van der Waals surface area contributed by atoms with Crippen LogP contribution in [0.1, 0.15) is 45.7 Å². The minimum atomic E-state index is -4.67. The number of anilines is 1. The highest BCUT2D eigenvalue weighted by Gasteiger charge is 2.54. The van der Waals surface area contributed by atoms with Crippen LogP contribution in [0, 0.1) is 17.8 Å². The third-order valence-electron chi connectivity index (χ3n) is 10.7. The number of carboxylic acids is 1. The molecule has 5 N–H and O–H groups in total. The van der Waals surface area contributed by atoms with Crippen LogP contribution in [-0.4, -0.2) is 161 Å². The number of pyridine rings is 1. The predicted octanol–water partition coefficient (Wildman–Crippen LogP) is 1.11. The van der Waals surface area contributed by atoms with E-state index in [-0.39, 0.29) is 63.5 Å². The minimum Gasteiger partial charge on any atom is -0.481 e. The summed E-state index contributed by atoms with van der Waals surface area (Å²) in [7, 11) is -3.35. The Bertz CT molecular complexity index is 2480. The van der Waals surface area contributed by atoms with Crippen molar-refractivity contribution in [3.05, 3.63) is 75.1 Å². The van der Waals surface area contributed by atoms with Crippen LogP contribution in [0.5, 0.6) is 0 Å². The highest BCUT2D eigenvalue weighted by Crippen LogP contribution is 2.36. The maximum absolute atomic E-state index is 12.6. The number of para-hydroxylation sites is 2. The van der Waals surface area contributed by atoms with E-state index in [4.69, 9.17) is 70.0 Å². The molecule has 26 heteroatoms. The van der Waals surface area contributed by atoms with Crippen LogP contribution >= 0.6 is 0 Å². The number of methoxy groups -OCH3 is 1. The van der Waals surface area contributed by atoms with E-state index in [1.807, 2.05) is 6.07 Å². The van der Waals surface area contributed by atoms with Crippen molar-refractivity contribution in [1.82, 2.24) is 4.98 Å². The third kappa shape index (κ3) is 13.9. The molecule has 2 aromatic carbocycles. The van der Waals surface area contributed by atoms with Crippen LogP contribution in [0.4, 0.5) is 5.69 Å². The molecule has 69 heavy (non-hydrogen) atoms. The molecule has 6 aliphatic rings. The predicted molar refractivity (Wildman–Crippen MR) is 231 cm³/mol. The molecule has 378 valence electrons. The van der Waals surface area contributed by atoms with Gasteiger partial charge in [0.25, 0.3) is 5.56 Å². The van der Waals surface area contributed by atoms with Gasteiger partial charge in [0.1, 0.15) is 37.6 Å². The molecule has 0 aliphatic carbocycles. The standard InChI is InChI=1S/C16H19NO6.C13H11NO4.C7H10O5.C7H10O4.H2O4S/c1-2-21-15(19)11-5-3-4-6-13(11)17-14(18)12-9-20-10-16(12)22-7-8-23-16;1-17-13(16)8-4-2-3-7-9-5-18-6-10(9)12(15)14-11(7)8;8-6(9)5-3-10-4-7(5)11-1-2-12-7;1-2-11-7(9)5-3-10-4-6(5)8;1-5(2,3)4/h3-6,12H,2,7-10H2,1H3,(H,17,18);2-4H,5-6H2,1H3,(H,14,15);5H,1-4H2,(H,8,9);5H,2-4H2,1H3;(H2,1,2,3,4). The molecule has 0 bridgehead atoms. The molecule has 3 unspecified atom stereocenters. The number of nitrogens with one attached hydrogen (secondary N) is 2. The molecule has 3 atom stereocenters. The first-order valence-corrected chi connectivity index (χ1v) is 22.6. The summed E-state index contributed by atoms with van der Waals surface area (Å²) in [5.41, 5.74) is 2.88. The van der Waals surface area contributed by atoms with E-state index in [1.165, 1.54) is 7.11 Å². The number of carbonyl (C=O) groups excluding carboxylic acids is 5. The van der Waals surface area contributed by atoms with Crippen LogP contribution in [-0.2, 0) is 94.9 Å². The van der Waals surface area contributed by atoms with E-state index in [2.05, 4.69) is 15.0 Å². The van der Waals surface area contributed by atoms with Crippen molar-refractivity contribution in [2.75, 3.05) is 91.7 Å². The van der Waals surface area contributed by atoms with E-state index in [9.17, 15) is 33.6 Å². The molecule has 0 radical (unpaired) electrons. The van der Waals surface area contributed by atoms with Gasteiger partial charge in [0, 0.05) is 10.9 Å². The average Bonchev–Trinajstić information content (AvgIpc) is 4.19. The van der Waals surface area contributed by atoms with Gasteiger partial charge in [-0.2, -0.15) is 8.42 Å². The lowest BCUT2D eigenvalue weighted by Gasteiger charge is -2.26. The van der Waals surface area contributed by atoms with Crippen molar-refractivity contribution in [1.29, 1.82) is 0 Å². The summed E-state index contributed by atoms with van der Waals surface area (Å²) in [6.07, 6.45) is 0. The lowest BCUT2D eigenvalue weighted by Crippen LogP contribution is -2.44. The van der Waals surface area contributed by atoms with Crippen molar-refractivity contribution in [3.63, 3.8) is 0 Å². The smallest absolute Gasteiger partial charge is 0.394 e. The second-order valence-corrected chi connectivity index (χ2v) is 16.0. The topological polar surface area (TPSA) is 344 Å². The first-order valence-electron chi connectivity index (χ1n) is 21.2. The number of esters is 3. The monoisotopic (exact) mass is 996 g/mol. The molecule has 5 fully saturated rings. The number of carboxylic acid groups (broad SMARTS) is 1.